The molecule has 1 saturated heterocycles. The summed E-state index contributed by atoms with van der Waals surface area (Å²) in [7, 11) is 0. The minimum atomic E-state index is -0.783. The molecule has 2 unspecified atom stereocenters. The summed E-state index contributed by atoms with van der Waals surface area (Å²) in [5.74, 6) is -0.650. The zero-order valence-corrected chi connectivity index (χ0v) is 10.9. The van der Waals surface area contributed by atoms with Gasteiger partial charge in [0.05, 0.1) is 0 Å². The van der Waals surface area contributed by atoms with Gasteiger partial charge >= 0.3 is 5.97 Å². The molecule has 0 aromatic carbocycles. The van der Waals surface area contributed by atoms with Crippen LogP contribution in [-0.2, 0) is 11.3 Å². The molecule has 1 aromatic heterocycles. The highest BCUT2D eigenvalue weighted by atomic mass is 16.4. The fourth-order valence-electron chi connectivity index (χ4n) is 2.74. The zero-order valence-electron chi connectivity index (χ0n) is 10.9. The SMILES string of the molecule is CC1CCCN(Cc2cccnc2C#N)C1C(=O)O. The topological polar surface area (TPSA) is 77.2 Å². The summed E-state index contributed by atoms with van der Waals surface area (Å²) < 4.78 is 0. The number of pyridine rings is 1. The number of hydrogen-bond donors (Lipinski definition) is 1. The molecule has 0 spiro atoms. The van der Waals surface area contributed by atoms with Crippen LogP contribution in [0.25, 0.3) is 0 Å². The van der Waals surface area contributed by atoms with Gasteiger partial charge in [0.1, 0.15) is 17.8 Å². The van der Waals surface area contributed by atoms with Crippen molar-refractivity contribution in [3.63, 3.8) is 0 Å². The average Bonchev–Trinajstić information content (AvgIpc) is 2.39. The van der Waals surface area contributed by atoms with Crippen molar-refractivity contribution in [2.75, 3.05) is 6.54 Å². The van der Waals surface area contributed by atoms with Crippen LogP contribution in [0.5, 0.6) is 0 Å². The molecular weight excluding hydrogens is 242 g/mol. The Bertz CT molecular complexity index is 510. The van der Waals surface area contributed by atoms with Gasteiger partial charge in [-0.3, -0.25) is 9.69 Å². The van der Waals surface area contributed by atoms with E-state index in [0.717, 1.165) is 24.9 Å². The first-order chi connectivity index (χ1) is 9.13. The second-order valence-electron chi connectivity index (χ2n) is 5.00. The Morgan fingerprint density at radius 2 is 2.47 bits per heavy atom. The number of carbonyl (C=O) groups is 1. The van der Waals surface area contributed by atoms with Crippen LogP contribution in [0.4, 0.5) is 0 Å². The van der Waals surface area contributed by atoms with Crippen molar-refractivity contribution in [2.24, 2.45) is 5.92 Å². The quantitative estimate of drug-likeness (QED) is 0.892. The standard InChI is InChI=1S/C14H17N3O2/c1-10-4-3-7-17(13(10)14(18)19)9-11-5-2-6-16-12(11)8-15/h2,5-6,10,13H,3-4,7,9H2,1H3,(H,18,19). The average molecular weight is 259 g/mol. The molecule has 2 heterocycles. The number of rotatable bonds is 3. The summed E-state index contributed by atoms with van der Waals surface area (Å²) >= 11 is 0. The van der Waals surface area contributed by atoms with E-state index >= 15 is 0 Å². The monoisotopic (exact) mass is 259 g/mol. The van der Waals surface area contributed by atoms with Gasteiger partial charge in [-0.05, 0) is 31.4 Å². The number of aliphatic carboxylic acids is 1. The van der Waals surface area contributed by atoms with Gasteiger partial charge in [0, 0.05) is 18.3 Å². The number of nitriles is 1. The third-order valence-electron chi connectivity index (χ3n) is 3.66. The highest BCUT2D eigenvalue weighted by Gasteiger charge is 2.34. The van der Waals surface area contributed by atoms with Crippen molar-refractivity contribution < 1.29 is 9.90 Å². The first-order valence-electron chi connectivity index (χ1n) is 6.44. The number of piperidine rings is 1. The lowest BCUT2D eigenvalue weighted by atomic mass is 9.90. The molecule has 0 radical (unpaired) electrons. The summed E-state index contributed by atoms with van der Waals surface area (Å²) in [6.07, 6.45) is 3.51. The van der Waals surface area contributed by atoms with E-state index in [-0.39, 0.29) is 5.92 Å². The molecule has 1 N–H and O–H groups in total. The Balaban J connectivity index is 2.21. The molecule has 2 rings (SSSR count). The Labute approximate surface area is 112 Å². The van der Waals surface area contributed by atoms with Crippen molar-refractivity contribution in [3.05, 3.63) is 29.6 Å². The van der Waals surface area contributed by atoms with Crippen LogP contribution in [0, 0.1) is 17.2 Å². The first-order valence-corrected chi connectivity index (χ1v) is 6.44. The van der Waals surface area contributed by atoms with Crippen molar-refractivity contribution in [2.45, 2.75) is 32.4 Å². The fraction of sp³-hybridized carbons (Fsp3) is 0.500. The Morgan fingerprint density at radius 3 is 3.16 bits per heavy atom. The van der Waals surface area contributed by atoms with Crippen molar-refractivity contribution in [3.8, 4) is 6.07 Å². The minimum Gasteiger partial charge on any atom is -0.480 e. The number of hydrogen-bond acceptors (Lipinski definition) is 4. The van der Waals surface area contributed by atoms with Crippen molar-refractivity contribution in [1.82, 2.24) is 9.88 Å². The lowest BCUT2D eigenvalue weighted by Crippen LogP contribution is -2.48. The molecule has 1 aromatic rings. The van der Waals surface area contributed by atoms with Crippen LogP contribution in [0.1, 0.15) is 31.0 Å². The Hall–Kier alpha value is -1.93. The lowest BCUT2D eigenvalue weighted by molar-refractivity contribution is -0.147. The largest absolute Gasteiger partial charge is 0.480 e. The maximum atomic E-state index is 11.4. The highest BCUT2D eigenvalue weighted by molar-refractivity contribution is 5.74. The second kappa shape index (κ2) is 5.81. The van der Waals surface area contributed by atoms with Crippen molar-refractivity contribution >= 4 is 5.97 Å². The number of carboxylic acids is 1. The number of likely N-dealkylation sites (tertiary alicyclic amines) is 1. The number of nitrogens with zero attached hydrogens (tertiary/aromatic N) is 3. The number of carboxylic acid groups (broad SMARTS) is 1. The van der Waals surface area contributed by atoms with Crippen LogP contribution in [0.3, 0.4) is 0 Å². The normalized spacial score (nSPS) is 23.8. The van der Waals surface area contributed by atoms with Crippen LogP contribution in [0.2, 0.25) is 0 Å². The minimum absolute atomic E-state index is 0.133. The molecule has 100 valence electrons. The predicted molar refractivity (Wildman–Crippen MR) is 69.2 cm³/mol. The Kier molecular flexibility index (Phi) is 4.13. The van der Waals surface area contributed by atoms with Gasteiger partial charge < -0.3 is 5.11 Å². The molecule has 0 bridgehead atoms. The molecule has 1 fully saturated rings. The van der Waals surface area contributed by atoms with E-state index in [1.54, 1.807) is 12.3 Å². The van der Waals surface area contributed by atoms with Gasteiger partial charge in [0.15, 0.2) is 0 Å². The summed E-state index contributed by atoms with van der Waals surface area (Å²) in [6, 6.07) is 5.20. The van der Waals surface area contributed by atoms with Gasteiger partial charge in [-0.25, -0.2) is 4.98 Å². The van der Waals surface area contributed by atoms with E-state index in [1.165, 1.54) is 0 Å². The molecule has 0 saturated carbocycles. The molecular formula is C14H17N3O2. The summed E-state index contributed by atoms with van der Waals surface area (Å²) in [5, 5.41) is 18.4. The highest BCUT2D eigenvalue weighted by Crippen LogP contribution is 2.25. The van der Waals surface area contributed by atoms with E-state index in [1.807, 2.05) is 17.9 Å². The third-order valence-corrected chi connectivity index (χ3v) is 3.66. The molecule has 5 heteroatoms. The van der Waals surface area contributed by atoms with Crippen molar-refractivity contribution in [1.29, 1.82) is 5.26 Å². The van der Waals surface area contributed by atoms with Gasteiger partial charge in [-0.1, -0.05) is 13.0 Å². The zero-order chi connectivity index (χ0) is 13.8. The van der Waals surface area contributed by atoms with Crippen LogP contribution in [-0.4, -0.2) is 33.5 Å². The lowest BCUT2D eigenvalue weighted by Gasteiger charge is -2.37. The van der Waals surface area contributed by atoms with Crippen LogP contribution < -0.4 is 0 Å². The molecule has 0 aliphatic carbocycles. The van der Waals surface area contributed by atoms with E-state index in [0.29, 0.717) is 12.2 Å². The second-order valence-corrected chi connectivity index (χ2v) is 5.00. The summed E-state index contributed by atoms with van der Waals surface area (Å²) in [6.45, 7) is 3.19. The molecule has 0 amide bonds. The maximum Gasteiger partial charge on any atom is 0.321 e. The molecule has 5 nitrogen and oxygen atoms in total. The van der Waals surface area contributed by atoms with Gasteiger partial charge in [-0.2, -0.15) is 5.26 Å². The summed E-state index contributed by atoms with van der Waals surface area (Å²) in [5.41, 5.74) is 1.18. The molecule has 2 atom stereocenters. The van der Waals surface area contributed by atoms with Crippen LogP contribution >= 0.6 is 0 Å². The number of aromatic nitrogens is 1. The van der Waals surface area contributed by atoms with Gasteiger partial charge in [-0.15, -0.1) is 0 Å². The van der Waals surface area contributed by atoms with Gasteiger partial charge in [0.25, 0.3) is 0 Å². The third kappa shape index (κ3) is 2.91. The van der Waals surface area contributed by atoms with E-state index in [4.69, 9.17) is 5.26 Å². The van der Waals surface area contributed by atoms with Crippen LogP contribution in [0.15, 0.2) is 18.3 Å². The smallest absolute Gasteiger partial charge is 0.321 e. The van der Waals surface area contributed by atoms with E-state index in [2.05, 4.69) is 11.1 Å². The maximum absolute atomic E-state index is 11.4. The fourth-order valence-corrected chi connectivity index (χ4v) is 2.74. The Morgan fingerprint density at radius 1 is 1.68 bits per heavy atom. The van der Waals surface area contributed by atoms with E-state index < -0.39 is 12.0 Å². The first kappa shape index (κ1) is 13.5. The molecule has 1 aliphatic heterocycles. The molecule has 1 aliphatic rings. The summed E-state index contributed by atoms with van der Waals surface area (Å²) in [4.78, 5) is 17.4. The van der Waals surface area contributed by atoms with E-state index in [9.17, 15) is 9.90 Å². The molecule has 19 heavy (non-hydrogen) atoms. The predicted octanol–water partition coefficient (Wildman–Crippen LogP) is 1.64. The van der Waals surface area contributed by atoms with Gasteiger partial charge in [0.2, 0.25) is 0 Å².